The maximum atomic E-state index is 13.1. The van der Waals surface area contributed by atoms with Crippen molar-refractivity contribution in [3.8, 4) is 0 Å². The molecule has 0 spiro atoms. The molecule has 0 saturated heterocycles. The average Bonchev–Trinajstić information content (AvgIpc) is 2.58. The minimum Gasteiger partial charge on any atom is -0.465 e. The van der Waals surface area contributed by atoms with Crippen LogP contribution in [0.4, 0.5) is 0 Å². The van der Waals surface area contributed by atoms with E-state index in [0.717, 1.165) is 33.3 Å². The summed E-state index contributed by atoms with van der Waals surface area (Å²) in [6.07, 6.45) is 0. The molecular formula is C22H23NO3. The van der Waals surface area contributed by atoms with Crippen LogP contribution in [0.1, 0.15) is 30.5 Å². The van der Waals surface area contributed by atoms with Crippen LogP contribution in [0.25, 0.3) is 27.4 Å². The first-order valence-corrected chi connectivity index (χ1v) is 8.73. The molecule has 0 aliphatic heterocycles. The molecule has 4 nitrogen and oxygen atoms in total. The van der Waals surface area contributed by atoms with Crippen LogP contribution in [0, 0.1) is 13.8 Å². The van der Waals surface area contributed by atoms with E-state index < -0.39 is 0 Å². The summed E-state index contributed by atoms with van der Waals surface area (Å²) in [5, 5.41) is 1.19. The lowest BCUT2D eigenvalue weighted by atomic mass is 9.96. The predicted octanol–water partition coefficient (Wildman–Crippen LogP) is 4.37. The van der Waals surface area contributed by atoms with Gasteiger partial charge in [0, 0.05) is 16.3 Å². The van der Waals surface area contributed by atoms with E-state index in [1.54, 1.807) is 6.92 Å². The van der Waals surface area contributed by atoms with Gasteiger partial charge in [-0.25, -0.2) is 0 Å². The van der Waals surface area contributed by atoms with Crippen molar-refractivity contribution in [1.82, 2.24) is 4.57 Å². The van der Waals surface area contributed by atoms with Gasteiger partial charge in [0.15, 0.2) is 5.43 Å². The molecule has 3 aromatic rings. The average molecular weight is 349 g/mol. The van der Waals surface area contributed by atoms with Crippen molar-refractivity contribution in [3.63, 3.8) is 0 Å². The number of aryl methyl sites for hydroxylation is 2. The summed E-state index contributed by atoms with van der Waals surface area (Å²) in [4.78, 5) is 25.4. The van der Waals surface area contributed by atoms with Crippen molar-refractivity contribution < 1.29 is 9.53 Å². The van der Waals surface area contributed by atoms with Gasteiger partial charge in [-0.15, -0.1) is 0 Å². The Hall–Kier alpha value is -2.88. The Morgan fingerprint density at radius 1 is 1.15 bits per heavy atom. The standard InChI is InChI=1S/C22H23NO3/c1-6-26-19(24)12-23-18-11-14(4)7-9-16(18)22(25)17-10-8-15(5)20(13(2)3)21(17)23/h7-11H,2,6,12H2,1,3-5H3. The second kappa shape index (κ2) is 6.79. The number of pyridine rings is 1. The van der Waals surface area contributed by atoms with E-state index in [4.69, 9.17) is 4.74 Å². The lowest BCUT2D eigenvalue weighted by Gasteiger charge is -2.19. The zero-order valence-corrected chi connectivity index (χ0v) is 15.7. The molecule has 0 saturated carbocycles. The van der Waals surface area contributed by atoms with Crippen molar-refractivity contribution >= 4 is 33.3 Å². The third-order valence-electron chi connectivity index (χ3n) is 4.61. The van der Waals surface area contributed by atoms with Gasteiger partial charge in [-0.3, -0.25) is 9.59 Å². The van der Waals surface area contributed by atoms with Gasteiger partial charge in [0.05, 0.1) is 17.6 Å². The Morgan fingerprint density at radius 2 is 1.85 bits per heavy atom. The molecule has 0 N–H and O–H groups in total. The lowest BCUT2D eigenvalue weighted by molar-refractivity contribution is -0.143. The molecule has 0 amide bonds. The molecule has 0 bridgehead atoms. The highest BCUT2D eigenvalue weighted by atomic mass is 16.5. The summed E-state index contributed by atoms with van der Waals surface area (Å²) in [5.41, 5.74) is 5.27. The quantitative estimate of drug-likeness (QED) is 0.519. The van der Waals surface area contributed by atoms with Crippen LogP contribution in [0.2, 0.25) is 0 Å². The molecule has 0 aliphatic rings. The molecule has 0 radical (unpaired) electrons. The van der Waals surface area contributed by atoms with Gasteiger partial charge >= 0.3 is 5.97 Å². The summed E-state index contributed by atoms with van der Waals surface area (Å²) in [5.74, 6) is -0.325. The maximum Gasteiger partial charge on any atom is 0.325 e. The number of fused-ring (bicyclic) bond motifs is 2. The van der Waals surface area contributed by atoms with Gasteiger partial charge in [-0.05, 0) is 62.6 Å². The number of ether oxygens (including phenoxy) is 1. The monoisotopic (exact) mass is 349 g/mol. The highest BCUT2D eigenvalue weighted by Crippen LogP contribution is 2.29. The molecule has 0 unspecified atom stereocenters. The van der Waals surface area contributed by atoms with Crippen molar-refractivity contribution in [3.05, 3.63) is 63.8 Å². The smallest absolute Gasteiger partial charge is 0.325 e. The number of hydrogen-bond donors (Lipinski definition) is 0. The first-order chi connectivity index (χ1) is 12.3. The fourth-order valence-corrected chi connectivity index (χ4v) is 3.52. The molecule has 3 rings (SSSR count). The Bertz CT molecular complexity index is 1110. The summed E-state index contributed by atoms with van der Waals surface area (Å²) in [6.45, 7) is 12.1. The Morgan fingerprint density at radius 3 is 2.50 bits per heavy atom. The van der Waals surface area contributed by atoms with Crippen LogP contribution in [-0.4, -0.2) is 17.1 Å². The van der Waals surface area contributed by atoms with Gasteiger partial charge in [-0.1, -0.05) is 18.7 Å². The van der Waals surface area contributed by atoms with E-state index in [2.05, 4.69) is 6.58 Å². The van der Waals surface area contributed by atoms with E-state index in [1.165, 1.54) is 0 Å². The first-order valence-electron chi connectivity index (χ1n) is 8.73. The van der Waals surface area contributed by atoms with E-state index in [9.17, 15) is 9.59 Å². The second-order valence-corrected chi connectivity index (χ2v) is 6.67. The van der Waals surface area contributed by atoms with Crippen LogP contribution < -0.4 is 5.43 Å². The van der Waals surface area contributed by atoms with Crippen molar-refractivity contribution in [1.29, 1.82) is 0 Å². The molecule has 1 heterocycles. The van der Waals surface area contributed by atoms with Crippen molar-refractivity contribution in [2.24, 2.45) is 0 Å². The molecule has 2 aromatic carbocycles. The van der Waals surface area contributed by atoms with E-state index in [0.29, 0.717) is 17.4 Å². The molecule has 0 aliphatic carbocycles. The highest BCUT2D eigenvalue weighted by Gasteiger charge is 2.18. The predicted molar refractivity (Wildman–Crippen MR) is 107 cm³/mol. The van der Waals surface area contributed by atoms with Crippen LogP contribution >= 0.6 is 0 Å². The Labute approximate surface area is 152 Å². The number of rotatable bonds is 4. The zero-order valence-electron chi connectivity index (χ0n) is 15.7. The summed E-state index contributed by atoms with van der Waals surface area (Å²) in [6, 6.07) is 9.45. The highest BCUT2D eigenvalue weighted by molar-refractivity contribution is 6.00. The number of nitrogens with zero attached hydrogens (tertiary/aromatic N) is 1. The van der Waals surface area contributed by atoms with Gasteiger partial charge < -0.3 is 9.30 Å². The number of esters is 1. The molecule has 134 valence electrons. The fraction of sp³-hybridized carbons (Fsp3) is 0.273. The molecular weight excluding hydrogens is 326 g/mol. The number of aromatic nitrogens is 1. The number of benzene rings is 2. The van der Waals surface area contributed by atoms with Crippen LogP contribution in [0.3, 0.4) is 0 Å². The fourth-order valence-electron chi connectivity index (χ4n) is 3.52. The zero-order chi connectivity index (χ0) is 19.0. The van der Waals surface area contributed by atoms with Crippen LogP contribution in [-0.2, 0) is 16.1 Å². The third kappa shape index (κ3) is 2.92. The molecule has 26 heavy (non-hydrogen) atoms. The molecule has 1 aromatic heterocycles. The number of allylic oxidation sites excluding steroid dienone is 1. The summed E-state index contributed by atoms with van der Waals surface area (Å²) >= 11 is 0. The lowest BCUT2D eigenvalue weighted by Crippen LogP contribution is -2.19. The Kier molecular flexibility index (Phi) is 4.68. The van der Waals surface area contributed by atoms with Gasteiger partial charge in [0.2, 0.25) is 0 Å². The normalized spacial score (nSPS) is 11.1. The van der Waals surface area contributed by atoms with E-state index in [-0.39, 0.29) is 17.9 Å². The summed E-state index contributed by atoms with van der Waals surface area (Å²) in [7, 11) is 0. The largest absolute Gasteiger partial charge is 0.465 e. The molecule has 0 atom stereocenters. The van der Waals surface area contributed by atoms with Gasteiger partial charge in [0.25, 0.3) is 0 Å². The third-order valence-corrected chi connectivity index (χ3v) is 4.61. The van der Waals surface area contributed by atoms with E-state index in [1.807, 2.05) is 55.7 Å². The minimum atomic E-state index is -0.325. The van der Waals surface area contributed by atoms with Crippen LogP contribution in [0.15, 0.2) is 41.7 Å². The second-order valence-electron chi connectivity index (χ2n) is 6.67. The first kappa shape index (κ1) is 17.9. The van der Waals surface area contributed by atoms with Crippen molar-refractivity contribution in [2.75, 3.05) is 6.61 Å². The van der Waals surface area contributed by atoms with E-state index >= 15 is 0 Å². The van der Waals surface area contributed by atoms with Gasteiger partial charge in [-0.2, -0.15) is 0 Å². The minimum absolute atomic E-state index is 0.0300. The number of carbonyl (C=O) groups excluding carboxylic acids is 1. The molecule has 4 heteroatoms. The maximum absolute atomic E-state index is 13.1. The van der Waals surface area contributed by atoms with Crippen molar-refractivity contribution in [2.45, 2.75) is 34.2 Å². The summed E-state index contributed by atoms with van der Waals surface area (Å²) < 4.78 is 7.07. The number of hydrogen-bond acceptors (Lipinski definition) is 3. The number of carbonyl (C=O) groups is 1. The van der Waals surface area contributed by atoms with Gasteiger partial charge in [0.1, 0.15) is 6.54 Å². The SMILES string of the molecule is C=C(C)c1c(C)ccc2c(=O)c3ccc(C)cc3n(CC(=O)OCC)c12. The van der Waals surface area contributed by atoms with Crippen LogP contribution in [0.5, 0.6) is 0 Å². The Balaban J connectivity index is 2.54. The molecule has 0 fully saturated rings. The topological polar surface area (TPSA) is 48.3 Å².